The highest BCUT2D eigenvalue weighted by Crippen LogP contribution is 2.20. The largest absolute Gasteiger partial charge is 0.372 e. The summed E-state index contributed by atoms with van der Waals surface area (Å²) in [5.41, 5.74) is 0. The van der Waals surface area contributed by atoms with Gasteiger partial charge >= 0.3 is 0 Å². The molecule has 1 fully saturated rings. The molecule has 130 valence electrons. The third-order valence-electron chi connectivity index (χ3n) is 4.08. The van der Waals surface area contributed by atoms with E-state index in [2.05, 4.69) is 14.6 Å². The smallest absolute Gasteiger partial charge is 0.242 e. The van der Waals surface area contributed by atoms with Crippen LogP contribution in [0.25, 0.3) is 0 Å². The molecule has 0 aromatic carbocycles. The average Bonchev–Trinajstić information content (AvgIpc) is 2.52. The van der Waals surface area contributed by atoms with Gasteiger partial charge in [0.2, 0.25) is 10.0 Å². The highest BCUT2D eigenvalue weighted by atomic mass is 32.2. The van der Waals surface area contributed by atoms with Crippen LogP contribution in [0, 0.1) is 0 Å². The molecule has 1 N–H and O–H groups in total. The Morgan fingerprint density at radius 3 is 2.35 bits per heavy atom. The van der Waals surface area contributed by atoms with Gasteiger partial charge in [0.25, 0.3) is 0 Å². The Labute approximate surface area is 139 Å². The molecule has 1 aromatic heterocycles. The first-order valence-corrected chi connectivity index (χ1v) is 9.72. The van der Waals surface area contributed by atoms with Gasteiger partial charge in [0, 0.05) is 25.3 Å². The third kappa shape index (κ3) is 4.65. The Kier molecular flexibility index (Phi) is 6.00. The van der Waals surface area contributed by atoms with Crippen molar-refractivity contribution < 1.29 is 13.2 Å². The summed E-state index contributed by atoms with van der Waals surface area (Å²) in [7, 11) is -3.51. The van der Waals surface area contributed by atoms with Crippen LogP contribution in [-0.2, 0) is 14.8 Å². The van der Waals surface area contributed by atoms with E-state index in [4.69, 9.17) is 4.74 Å². The Morgan fingerprint density at radius 2 is 1.87 bits per heavy atom. The molecule has 2 heterocycles. The molecule has 0 aliphatic carbocycles. The van der Waals surface area contributed by atoms with E-state index < -0.39 is 10.0 Å². The van der Waals surface area contributed by atoms with E-state index in [0.717, 1.165) is 31.7 Å². The van der Waals surface area contributed by atoms with Gasteiger partial charge in [-0.2, -0.15) is 0 Å². The van der Waals surface area contributed by atoms with Crippen molar-refractivity contribution in [2.45, 2.75) is 63.7 Å². The lowest BCUT2D eigenvalue weighted by Crippen LogP contribution is -2.45. The molecule has 23 heavy (non-hydrogen) atoms. The average molecular weight is 341 g/mol. The van der Waals surface area contributed by atoms with Gasteiger partial charge in [0.1, 0.15) is 10.7 Å². The normalized spacial score (nSPS) is 22.6. The molecule has 2 rings (SSSR count). The Morgan fingerprint density at radius 1 is 1.26 bits per heavy atom. The van der Waals surface area contributed by atoms with Crippen LogP contribution in [-0.4, -0.2) is 44.7 Å². The third-order valence-corrected chi connectivity index (χ3v) is 5.59. The maximum atomic E-state index is 12.4. The summed E-state index contributed by atoms with van der Waals surface area (Å²) in [5.74, 6) is 0.786. The minimum Gasteiger partial charge on any atom is -0.372 e. The number of nitrogens with one attached hydrogen (secondary N) is 1. The van der Waals surface area contributed by atoms with E-state index in [1.165, 1.54) is 6.20 Å². The first-order chi connectivity index (χ1) is 10.9. The van der Waals surface area contributed by atoms with Crippen LogP contribution in [0.15, 0.2) is 23.2 Å². The minimum absolute atomic E-state index is 0.0411. The molecule has 1 aromatic rings. The summed E-state index contributed by atoms with van der Waals surface area (Å²) in [5, 5.41) is 0. The van der Waals surface area contributed by atoms with Gasteiger partial charge in [0.15, 0.2) is 0 Å². The molecular weight excluding hydrogens is 314 g/mol. The highest BCUT2D eigenvalue weighted by Gasteiger charge is 2.24. The van der Waals surface area contributed by atoms with Crippen LogP contribution >= 0.6 is 0 Å². The lowest BCUT2D eigenvalue weighted by molar-refractivity contribution is -0.00546. The Balaban J connectivity index is 2.12. The SMILES string of the molecule is CCC(CC)NS(=O)(=O)c1ccc(N2C[C@@H](C)O[C@H](C)C2)nc1. The van der Waals surface area contributed by atoms with Crippen molar-refractivity contribution in [3.05, 3.63) is 18.3 Å². The van der Waals surface area contributed by atoms with Crippen LogP contribution in [0.2, 0.25) is 0 Å². The zero-order valence-corrected chi connectivity index (χ0v) is 15.1. The summed E-state index contributed by atoms with van der Waals surface area (Å²) < 4.78 is 33.2. The molecule has 2 atom stereocenters. The molecule has 0 spiro atoms. The number of hydrogen-bond donors (Lipinski definition) is 1. The first-order valence-electron chi connectivity index (χ1n) is 8.24. The second-order valence-corrected chi connectivity index (χ2v) is 7.86. The van der Waals surface area contributed by atoms with Crippen molar-refractivity contribution >= 4 is 15.8 Å². The molecule has 0 radical (unpaired) electrons. The molecule has 1 aliphatic heterocycles. The molecular formula is C16H27N3O3S. The van der Waals surface area contributed by atoms with Crippen LogP contribution in [0.5, 0.6) is 0 Å². The number of aromatic nitrogens is 1. The molecule has 1 aliphatic rings. The molecule has 7 heteroatoms. The lowest BCUT2D eigenvalue weighted by atomic mass is 10.2. The van der Waals surface area contributed by atoms with E-state index in [1.807, 2.05) is 27.7 Å². The number of pyridine rings is 1. The summed E-state index contributed by atoms with van der Waals surface area (Å²) in [6.07, 6.45) is 3.25. The number of hydrogen-bond acceptors (Lipinski definition) is 5. The Bertz CT molecular complexity index is 590. The summed E-state index contributed by atoms with van der Waals surface area (Å²) in [6, 6.07) is 3.35. The van der Waals surface area contributed by atoms with Gasteiger partial charge < -0.3 is 9.64 Å². The molecule has 6 nitrogen and oxygen atoms in total. The predicted molar refractivity (Wildman–Crippen MR) is 91.2 cm³/mol. The zero-order valence-electron chi connectivity index (χ0n) is 14.3. The number of ether oxygens (including phenoxy) is 1. The molecule has 0 saturated carbocycles. The first kappa shape index (κ1) is 18.2. The molecule has 0 bridgehead atoms. The Hall–Kier alpha value is -1.18. The lowest BCUT2D eigenvalue weighted by Gasteiger charge is -2.36. The molecule has 1 saturated heterocycles. The van der Waals surface area contributed by atoms with E-state index in [9.17, 15) is 8.42 Å². The van der Waals surface area contributed by atoms with Crippen molar-refractivity contribution in [1.29, 1.82) is 0 Å². The summed E-state index contributed by atoms with van der Waals surface area (Å²) >= 11 is 0. The van der Waals surface area contributed by atoms with E-state index >= 15 is 0 Å². The van der Waals surface area contributed by atoms with Gasteiger partial charge in [-0.15, -0.1) is 0 Å². The standard InChI is InChI=1S/C16H27N3O3S/c1-5-14(6-2)18-23(20,21)15-7-8-16(17-9-15)19-10-12(3)22-13(4)11-19/h7-9,12-14,18H,5-6,10-11H2,1-4H3/t12-,13-/m1/s1. The summed E-state index contributed by atoms with van der Waals surface area (Å²) in [4.78, 5) is 6.69. The van der Waals surface area contributed by atoms with Crippen LogP contribution in [0.1, 0.15) is 40.5 Å². The van der Waals surface area contributed by atoms with Crippen molar-refractivity contribution in [2.24, 2.45) is 0 Å². The fourth-order valence-electron chi connectivity index (χ4n) is 2.83. The fraction of sp³-hybridized carbons (Fsp3) is 0.688. The maximum absolute atomic E-state index is 12.4. The zero-order chi connectivity index (χ0) is 17.0. The van der Waals surface area contributed by atoms with Crippen molar-refractivity contribution in [3.63, 3.8) is 0 Å². The van der Waals surface area contributed by atoms with Gasteiger partial charge in [-0.25, -0.2) is 18.1 Å². The van der Waals surface area contributed by atoms with Gasteiger partial charge in [-0.1, -0.05) is 13.8 Å². The quantitative estimate of drug-likeness (QED) is 0.858. The maximum Gasteiger partial charge on any atom is 0.242 e. The van der Waals surface area contributed by atoms with Crippen LogP contribution in [0.4, 0.5) is 5.82 Å². The number of sulfonamides is 1. The number of morpholine rings is 1. The van der Waals surface area contributed by atoms with E-state index in [0.29, 0.717) is 0 Å². The second-order valence-electron chi connectivity index (χ2n) is 6.15. The van der Waals surface area contributed by atoms with Crippen molar-refractivity contribution in [3.8, 4) is 0 Å². The molecule has 0 amide bonds. The van der Waals surface area contributed by atoms with Crippen LogP contribution < -0.4 is 9.62 Å². The predicted octanol–water partition coefficient (Wildman–Crippen LogP) is 2.16. The minimum atomic E-state index is -3.51. The van der Waals surface area contributed by atoms with E-state index in [1.54, 1.807) is 12.1 Å². The van der Waals surface area contributed by atoms with Gasteiger partial charge in [-0.05, 0) is 38.8 Å². The van der Waals surface area contributed by atoms with E-state index in [-0.39, 0.29) is 23.1 Å². The highest BCUT2D eigenvalue weighted by molar-refractivity contribution is 7.89. The van der Waals surface area contributed by atoms with Gasteiger partial charge in [0.05, 0.1) is 12.2 Å². The van der Waals surface area contributed by atoms with Crippen LogP contribution in [0.3, 0.4) is 0 Å². The monoisotopic (exact) mass is 341 g/mol. The van der Waals surface area contributed by atoms with Crippen molar-refractivity contribution in [2.75, 3.05) is 18.0 Å². The second kappa shape index (κ2) is 7.59. The fourth-order valence-corrected chi connectivity index (χ4v) is 4.17. The number of nitrogens with zero attached hydrogens (tertiary/aromatic N) is 2. The topological polar surface area (TPSA) is 71.5 Å². The van der Waals surface area contributed by atoms with Crippen molar-refractivity contribution in [1.82, 2.24) is 9.71 Å². The summed E-state index contributed by atoms with van der Waals surface area (Å²) in [6.45, 7) is 9.52. The van der Waals surface area contributed by atoms with Gasteiger partial charge in [-0.3, -0.25) is 0 Å². The number of anilines is 1. The molecule has 0 unspecified atom stereocenters. The number of rotatable bonds is 6.